The van der Waals surface area contributed by atoms with E-state index in [0.717, 1.165) is 44.9 Å². The molecule has 3 saturated carbocycles. The van der Waals surface area contributed by atoms with E-state index in [2.05, 4.69) is 6.92 Å². The van der Waals surface area contributed by atoms with Crippen LogP contribution < -0.4 is 0 Å². The lowest BCUT2D eigenvalue weighted by Gasteiger charge is -2.58. The summed E-state index contributed by atoms with van der Waals surface area (Å²) in [6, 6.07) is 0. The highest BCUT2D eigenvalue weighted by atomic mass is 16.3. The van der Waals surface area contributed by atoms with Gasteiger partial charge in [0.05, 0.1) is 5.60 Å². The molecule has 4 rings (SSSR count). The molecule has 0 amide bonds. The van der Waals surface area contributed by atoms with Crippen LogP contribution in [0.5, 0.6) is 0 Å². The van der Waals surface area contributed by atoms with Crippen LogP contribution in [0.1, 0.15) is 65.2 Å². The lowest BCUT2D eigenvalue weighted by molar-refractivity contribution is -0.172. The van der Waals surface area contributed by atoms with Crippen LogP contribution in [0, 0.1) is 29.1 Å². The summed E-state index contributed by atoms with van der Waals surface area (Å²) in [5.74, 6) is 1.63. The third-order valence-corrected chi connectivity index (χ3v) is 7.89. The molecule has 0 aromatic rings. The largest absolute Gasteiger partial charge is 0.389 e. The Bertz CT molecular complexity index is 592. The highest BCUT2D eigenvalue weighted by Crippen LogP contribution is 2.65. The van der Waals surface area contributed by atoms with Gasteiger partial charge in [-0.15, -0.1) is 0 Å². The summed E-state index contributed by atoms with van der Waals surface area (Å²) >= 11 is 0. The van der Waals surface area contributed by atoms with Gasteiger partial charge in [-0.05, 0) is 81.1 Å². The minimum Gasteiger partial charge on any atom is -0.389 e. The molecule has 0 radical (unpaired) electrons. The van der Waals surface area contributed by atoms with Crippen LogP contribution in [0.3, 0.4) is 0 Å². The molecule has 0 saturated heterocycles. The number of rotatable bonds is 1. The van der Waals surface area contributed by atoms with E-state index in [4.69, 9.17) is 0 Å². The summed E-state index contributed by atoms with van der Waals surface area (Å²) < 4.78 is 0. The van der Waals surface area contributed by atoms with Gasteiger partial charge in [0.1, 0.15) is 5.78 Å². The number of Topliss-reactive ketones (excluding diaryl/α,β-unsaturated/α-hetero) is 1. The van der Waals surface area contributed by atoms with Crippen LogP contribution in [0.2, 0.25) is 0 Å². The first-order valence-electron chi connectivity index (χ1n) is 9.32. The van der Waals surface area contributed by atoms with E-state index in [1.807, 2.05) is 6.08 Å². The molecule has 0 unspecified atom stereocenters. The maximum Gasteiger partial charge on any atom is 0.155 e. The molecule has 126 valence electrons. The molecule has 0 aromatic heterocycles. The lowest BCUT2D eigenvalue weighted by atomic mass is 9.49. The molecule has 4 aliphatic carbocycles. The standard InChI is InChI=1S/C20H28O3/c1-12(21)16-5-6-18-19(16,2)9-8-17-15-4-3-14(22)11-13(15)7-10-20(17,18)23/h11,15-18,23H,3-10H2,1-2H3/t15-,16-,17+,18+,19+,20-/m0/s1. The molecule has 0 bridgehead atoms. The Morgan fingerprint density at radius 3 is 2.70 bits per heavy atom. The highest BCUT2D eigenvalue weighted by molar-refractivity contribution is 5.91. The quantitative estimate of drug-likeness (QED) is 0.806. The summed E-state index contributed by atoms with van der Waals surface area (Å²) in [5.41, 5.74) is 0.642. The second kappa shape index (κ2) is 5.02. The Balaban J connectivity index is 1.69. The zero-order valence-corrected chi connectivity index (χ0v) is 14.3. The number of ketones is 2. The SMILES string of the molecule is CC(=O)[C@@H]1CC[C@@H]2[C@]1(C)CC[C@@H]1[C@H]3CCC(=O)C=C3CC[C@]12O. The first-order valence-corrected chi connectivity index (χ1v) is 9.32. The average molecular weight is 316 g/mol. The van der Waals surface area contributed by atoms with E-state index in [9.17, 15) is 14.7 Å². The van der Waals surface area contributed by atoms with Gasteiger partial charge < -0.3 is 5.11 Å². The summed E-state index contributed by atoms with van der Waals surface area (Å²) in [5, 5.41) is 11.7. The van der Waals surface area contributed by atoms with E-state index >= 15 is 0 Å². The predicted molar refractivity (Wildman–Crippen MR) is 87.7 cm³/mol. The number of carbonyl (C=O) groups is 2. The van der Waals surface area contributed by atoms with Crippen LogP contribution in [0.4, 0.5) is 0 Å². The molecule has 23 heavy (non-hydrogen) atoms. The Morgan fingerprint density at radius 1 is 1.17 bits per heavy atom. The number of carbonyl (C=O) groups excluding carboxylic acids is 2. The summed E-state index contributed by atoms with van der Waals surface area (Å²) in [7, 11) is 0. The molecule has 4 aliphatic rings. The van der Waals surface area contributed by atoms with Crippen molar-refractivity contribution in [3.05, 3.63) is 11.6 Å². The van der Waals surface area contributed by atoms with Crippen molar-refractivity contribution in [1.29, 1.82) is 0 Å². The summed E-state index contributed by atoms with van der Waals surface area (Å²) in [4.78, 5) is 23.8. The zero-order chi connectivity index (χ0) is 16.4. The van der Waals surface area contributed by atoms with Gasteiger partial charge in [-0.3, -0.25) is 9.59 Å². The number of aliphatic hydroxyl groups is 1. The first kappa shape index (κ1) is 15.6. The molecule has 6 atom stereocenters. The maximum absolute atomic E-state index is 12.1. The topological polar surface area (TPSA) is 54.4 Å². The van der Waals surface area contributed by atoms with Crippen LogP contribution in [-0.4, -0.2) is 22.3 Å². The smallest absolute Gasteiger partial charge is 0.155 e. The molecule has 0 heterocycles. The highest BCUT2D eigenvalue weighted by Gasteiger charge is 2.63. The van der Waals surface area contributed by atoms with Crippen LogP contribution in [0.25, 0.3) is 0 Å². The van der Waals surface area contributed by atoms with Crippen molar-refractivity contribution in [2.75, 3.05) is 0 Å². The molecule has 3 fully saturated rings. The summed E-state index contributed by atoms with van der Waals surface area (Å²) in [6.07, 6.45) is 9.04. The lowest BCUT2D eigenvalue weighted by Crippen LogP contribution is -2.59. The van der Waals surface area contributed by atoms with Gasteiger partial charge in [-0.25, -0.2) is 0 Å². The maximum atomic E-state index is 12.1. The van der Waals surface area contributed by atoms with Gasteiger partial charge in [-0.1, -0.05) is 12.5 Å². The number of hydrogen-bond acceptors (Lipinski definition) is 3. The fraction of sp³-hybridized carbons (Fsp3) is 0.800. The van der Waals surface area contributed by atoms with Gasteiger partial charge in [0, 0.05) is 12.3 Å². The van der Waals surface area contributed by atoms with Gasteiger partial charge in [-0.2, -0.15) is 0 Å². The molecule has 0 aliphatic heterocycles. The van der Waals surface area contributed by atoms with Crippen LogP contribution in [-0.2, 0) is 9.59 Å². The fourth-order valence-electron chi connectivity index (χ4n) is 6.89. The third-order valence-electron chi connectivity index (χ3n) is 7.89. The number of allylic oxidation sites excluding steroid dienone is 1. The molecule has 0 spiro atoms. The van der Waals surface area contributed by atoms with E-state index in [0.29, 0.717) is 24.0 Å². The molecule has 0 aromatic carbocycles. The Morgan fingerprint density at radius 2 is 1.96 bits per heavy atom. The Kier molecular flexibility index (Phi) is 3.39. The van der Waals surface area contributed by atoms with Crippen molar-refractivity contribution < 1.29 is 14.7 Å². The van der Waals surface area contributed by atoms with Crippen molar-refractivity contribution in [3.8, 4) is 0 Å². The normalized spacial score (nSPS) is 49.0. The monoisotopic (exact) mass is 316 g/mol. The van der Waals surface area contributed by atoms with Crippen LogP contribution >= 0.6 is 0 Å². The minimum absolute atomic E-state index is 0.0250. The Labute approximate surface area is 138 Å². The summed E-state index contributed by atoms with van der Waals surface area (Å²) in [6.45, 7) is 3.98. The second-order valence-electron chi connectivity index (χ2n) is 8.77. The number of fused-ring (bicyclic) bond motifs is 5. The fourth-order valence-corrected chi connectivity index (χ4v) is 6.89. The first-order chi connectivity index (χ1) is 10.9. The van der Waals surface area contributed by atoms with Gasteiger partial charge >= 0.3 is 0 Å². The molecule has 3 nitrogen and oxygen atoms in total. The predicted octanol–water partition coefficient (Wildman–Crippen LogP) is 3.45. The molecular formula is C20H28O3. The second-order valence-corrected chi connectivity index (χ2v) is 8.77. The van der Waals surface area contributed by atoms with E-state index < -0.39 is 5.60 Å². The van der Waals surface area contributed by atoms with Crippen molar-refractivity contribution in [3.63, 3.8) is 0 Å². The van der Waals surface area contributed by atoms with E-state index in [1.165, 1.54) is 5.57 Å². The van der Waals surface area contributed by atoms with Gasteiger partial charge in [0.2, 0.25) is 0 Å². The molecular weight excluding hydrogens is 288 g/mol. The molecule has 3 heteroatoms. The van der Waals surface area contributed by atoms with Crippen LogP contribution in [0.15, 0.2) is 11.6 Å². The van der Waals surface area contributed by atoms with Crippen molar-refractivity contribution in [2.45, 2.75) is 70.8 Å². The minimum atomic E-state index is -0.625. The van der Waals surface area contributed by atoms with E-state index in [-0.39, 0.29) is 23.0 Å². The average Bonchev–Trinajstić information content (AvgIpc) is 2.85. The third kappa shape index (κ3) is 2.05. The van der Waals surface area contributed by atoms with Crippen molar-refractivity contribution >= 4 is 11.6 Å². The van der Waals surface area contributed by atoms with Crippen molar-refractivity contribution in [1.82, 2.24) is 0 Å². The Hall–Kier alpha value is -0.960. The van der Waals surface area contributed by atoms with E-state index in [1.54, 1.807) is 6.92 Å². The van der Waals surface area contributed by atoms with Crippen molar-refractivity contribution in [2.24, 2.45) is 29.1 Å². The zero-order valence-electron chi connectivity index (χ0n) is 14.3. The molecule has 1 N–H and O–H groups in total. The number of hydrogen-bond donors (Lipinski definition) is 1. The van der Waals surface area contributed by atoms with Gasteiger partial charge in [0.15, 0.2) is 5.78 Å². The van der Waals surface area contributed by atoms with Gasteiger partial charge in [0.25, 0.3) is 0 Å².